The largest absolute Gasteiger partial charge is 0.385 e. The molecule has 1 aromatic rings. The molecule has 0 bridgehead atoms. The van der Waals surface area contributed by atoms with Crippen molar-refractivity contribution in [1.82, 2.24) is 9.55 Å². The van der Waals surface area contributed by atoms with Gasteiger partial charge >= 0.3 is 13.3 Å². The Kier molecular flexibility index (Phi) is 8.05. The van der Waals surface area contributed by atoms with Crippen molar-refractivity contribution in [1.29, 1.82) is 0 Å². The first-order valence-corrected chi connectivity index (χ1v) is 8.61. The molecule has 1 heterocycles. The molecule has 0 radical (unpaired) electrons. The molecule has 1 unspecified atom stereocenters. The first-order chi connectivity index (χ1) is 10.4. The van der Waals surface area contributed by atoms with Crippen LogP contribution in [0.1, 0.15) is 12.8 Å². The van der Waals surface area contributed by atoms with Crippen LogP contribution in [0.5, 0.6) is 0 Å². The third-order valence-electron chi connectivity index (χ3n) is 2.73. The van der Waals surface area contributed by atoms with Crippen molar-refractivity contribution >= 4 is 7.60 Å². The van der Waals surface area contributed by atoms with Crippen molar-refractivity contribution in [2.24, 2.45) is 0 Å². The number of nitrogens with one attached hydrogen (secondary N) is 1. The van der Waals surface area contributed by atoms with Crippen LogP contribution in [-0.4, -0.2) is 40.9 Å². The van der Waals surface area contributed by atoms with Crippen LogP contribution in [0.2, 0.25) is 0 Å². The highest BCUT2D eigenvalue weighted by molar-refractivity contribution is 7.52. The summed E-state index contributed by atoms with van der Waals surface area (Å²) in [7, 11) is -2.03. The molecule has 124 valence electrons. The van der Waals surface area contributed by atoms with Crippen LogP contribution >= 0.6 is 7.60 Å². The van der Waals surface area contributed by atoms with Gasteiger partial charge in [-0.25, -0.2) is 4.79 Å². The zero-order valence-electron chi connectivity index (χ0n) is 12.4. The lowest BCUT2D eigenvalue weighted by molar-refractivity contribution is 0.166. The topological polar surface area (TPSA) is 111 Å². The summed E-state index contributed by atoms with van der Waals surface area (Å²) in [6, 6.07) is 1.25. The molecule has 0 aromatic carbocycles. The van der Waals surface area contributed by atoms with Gasteiger partial charge in [-0.15, -0.1) is 0 Å². The molecule has 0 fully saturated rings. The zero-order valence-corrected chi connectivity index (χ0v) is 13.3. The summed E-state index contributed by atoms with van der Waals surface area (Å²) in [5.74, 6) is 0. The van der Waals surface area contributed by atoms with Crippen molar-refractivity contribution in [3.63, 3.8) is 0 Å². The molecule has 1 rings (SSSR count). The number of aromatic amines is 1. The van der Waals surface area contributed by atoms with Gasteiger partial charge in [-0.2, -0.15) is 0 Å². The summed E-state index contributed by atoms with van der Waals surface area (Å²) in [5.41, 5.74) is -0.941. The zero-order chi connectivity index (χ0) is 16.4. The lowest BCUT2D eigenvalue weighted by atomic mass is 10.4. The molecule has 22 heavy (non-hydrogen) atoms. The van der Waals surface area contributed by atoms with Crippen molar-refractivity contribution in [2.45, 2.75) is 19.4 Å². The van der Waals surface area contributed by atoms with E-state index in [4.69, 9.17) is 9.26 Å². The number of nitrogens with zero attached hydrogens (tertiary/aromatic N) is 1. The monoisotopic (exact) mass is 332 g/mol. The molecule has 0 saturated heterocycles. The maximum absolute atomic E-state index is 11.7. The van der Waals surface area contributed by atoms with Gasteiger partial charge in [-0.3, -0.25) is 18.9 Å². The van der Waals surface area contributed by atoms with Crippen molar-refractivity contribution in [2.75, 3.05) is 26.5 Å². The molecule has 8 nitrogen and oxygen atoms in total. The Balaban J connectivity index is 2.32. The Bertz CT molecular complexity index is 636. The summed E-state index contributed by atoms with van der Waals surface area (Å²) >= 11 is 0. The standard InChI is InChI=1S/C13H21N2O6P/c1-20-9-5-10-21-22(18,19)11-4-2-3-7-15-8-6-12(16)14-13(15)17/h2-3,6,8H,4-5,7,9-11H2,1H3,(H,18,19)(H,14,16,17)/b3-2-. The average Bonchev–Trinajstić information content (AvgIpc) is 2.45. The van der Waals surface area contributed by atoms with Crippen LogP contribution in [0.3, 0.4) is 0 Å². The third kappa shape index (κ3) is 7.51. The SMILES string of the molecule is COCCCOP(=O)(O)CC/C=C\Cn1ccc(=O)[nH]c1=O. The van der Waals surface area contributed by atoms with E-state index in [0.29, 0.717) is 19.4 Å². The van der Waals surface area contributed by atoms with Gasteiger partial charge in [0, 0.05) is 32.5 Å². The summed E-state index contributed by atoms with van der Waals surface area (Å²) in [6.07, 6.45) is 5.70. The van der Waals surface area contributed by atoms with Gasteiger partial charge in [0.15, 0.2) is 0 Å². The fourth-order valence-electron chi connectivity index (χ4n) is 1.61. The number of hydrogen-bond acceptors (Lipinski definition) is 5. The van der Waals surface area contributed by atoms with Gasteiger partial charge < -0.3 is 14.2 Å². The van der Waals surface area contributed by atoms with Crippen LogP contribution in [-0.2, 0) is 20.4 Å². The Labute approximate surface area is 127 Å². The van der Waals surface area contributed by atoms with Crippen LogP contribution in [0.15, 0.2) is 34.0 Å². The van der Waals surface area contributed by atoms with Gasteiger partial charge in [0.05, 0.1) is 12.8 Å². The molecule has 0 amide bonds. The van der Waals surface area contributed by atoms with Crippen molar-refractivity contribution in [3.8, 4) is 0 Å². The van der Waals surface area contributed by atoms with E-state index in [1.807, 2.05) is 0 Å². The molecular weight excluding hydrogens is 311 g/mol. The molecule has 0 aliphatic rings. The molecule has 2 N–H and O–H groups in total. The Morgan fingerprint density at radius 2 is 2.14 bits per heavy atom. The van der Waals surface area contributed by atoms with E-state index in [0.717, 1.165) is 0 Å². The molecule has 0 aliphatic carbocycles. The van der Waals surface area contributed by atoms with E-state index >= 15 is 0 Å². The molecular formula is C13H21N2O6P. The lowest BCUT2D eigenvalue weighted by Crippen LogP contribution is -2.28. The number of hydrogen-bond donors (Lipinski definition) is 2. The quantitative estimate of drug-likeness (QED) is 0.371. The summed E-state index contributed by atoms with van der Waals surface area (Å²) < 4.78 is 22.7. The van der Waals surface area contributed by atoms with Crippen LogP contribution in [0, 0.1) is 0 Å². The molecule has 1 aromatic heterocycles. The first-order valence-electron chi connectivity index (χ1n) is 6.85. The second-order valence-corrected chi connectivity index (χ2v) is 6.54. The molecule has 0 spiro atoms. The Morgan fingerprint density at radius 3 is 2.82 bits per heavy atom. The molecule has 9 heteroatoms. The number of aromatic nitrogens is 2. The minimum absolute atomic E-state index is 0.0109. The number of allylic oxidation sites excluding steroid dienone is 2. The highest BCUT2D eigenvalue weighted by Crippen LogP contribution is 2.42. The predicted molar refractivity (Wildman–Crippen MR) is 82.2 cm³/mol. The predicted octanol–water partition coefficient (Wildman–Crippen LogP) is 0.721. The maximum atomic E-state index is 11.7. The van der Waals surface area contributed by atoms with E-state index < -0.39 is 18.8 Å². The second-order valence-electron chi connectivity index (χ2n) is 4.56. The fraction of sp³-hybridized carbons (Fsp3) is 0.538. The number of ether oxygens (including phenoxy) is 1. The normalized spacial score (nSPS) is 14.3. The summed E-state index contributed by atoms with van der Waals surface area (Å²) in [4.78, 5) is 34.0. The Morgan fingerprint density at radius 1 is 1.36 bits per heavy atom. The second kappa shape index (κ2) is 9.53. The Hall–Kier alpha value is -1.47. The van der Waals surface area contributed by atoms with Crippen molar-refractivity contribution in [3.05, 3.63) is 45.3 Å². The highest BCUT2D eigenvalue weighted by atomic mass is 31.2. The van der Waals surface area contributed by atoms with Gasteiger partial charge in [-0.05, 0) is 12.8 Å². The van der Waals surface area contributed by atoms with Crippen molar-refractivity contribution < 1.29 is 18.7 Å². The average molecular weight is 332 g/mol. The minimum Gasteiger partial charge on any atom is -0.385 e. The van der Waals surface area contributed by atoms with Crippen LogP contribution < -0.4 is 11.2 Å². The maximum Gasteiger partial charge on any atom is 0.328 e. The van der Waals surface area contributed by atoms with Gasteiger partial charge in [-0.1, -0.05) is 12.2 Å². The van der Waals surface area contributed by atoms with Gasteiger partial charge in [0.25, 0.3) is 5.56 Å². The van der Waals surface area contributed by atoms with E-state index in [-0.39, 0.29) is 19.3 Å². The lowest BCUT2D eigenvalue weighted by Gasteiger charge is -2.10. The molecule has 0 aliphatic heterocycles. The van der Waals surface area contributed by atoms with E-state index in [2.05, 4.69) is 4.98 Å². The number of H-pyrrole nitrogens is 1. The molecule has 1 atom stereocenters. The van der Waals surface area contributed by atoms with Gasteiger partial charge in [0.1, 0.15) is 0 Å². The highest BCUT2D eigenvalue weighted by Gasteiger charge is 2.17. The van der Waals surface area contributed by atoms with E-state index in [1.54, 1.807) is 19.3 Å². The first kappa shape index (κ1) is 18.6. The third-order valence-corrected chi connectivity index (χ3v) is 4.14. The minimum atomic E-state index is -3.58. The smallest absolute Gasteiger partial charge is 0.328 e. The summed E-state index contributed by atoms with van der Waals surface area (Å²) in [5, 5.41) is 0. The van der Waals surface area contributed by atoms with E-state index in [1.165, 1.54) is 16.8 Å². The van der Waals surface area contributed by atoms with Crippen LogP contribution in [0.4, 0.5) is 0 Å². The molecule has 0 saturated carbocycles. The number of methoxy groups -OCH3 is 1. The van der Waals surface area contributed by atoms with Crippen LogP contribution in [0.25, 0.3) is 0 Å². The number of rotatable bonds is 10. The van der Waals surface area contributed by atoms with Gasteiger partial charge in [0.2, 0.25) is 0 Å². The van der Waals surface area contributed by atoms with E-state index in [9.17, 15) is 19.0 Å². The summed E-state index contributed by atoms with van der Waals surface area (Å²) in [6.45, 7) is 0.936. The fourth-order valence-corrected chi connectivity index (χ4v) is 2.63.